The fraction of sp³-hybridized carbons (Fsp3) is 0.455. The van der Waals surface area contributed by atoms with E-state index >= 15 is 0 Å². The van der Waals surface area contributed by atoms with Gasteiger partial charge in [0, 0.05) is 39.3 Å². The van der Waals surface area contributed by atoms with E-state index in [2.05, 4.69) is 0 Å². The van der Waals surface area contributed by atoms with Crippen molar-refractivity contribution in [1.82, 2.24) is 9.47 Å². The van der Waals surface area contributed by atoms with Crippen molar-refractivity contribution in [3.05, 3.63) is 28.6 Å². The second kappa shape index (κ2) is 4.48. The summed E-state index contributed by atoms with van der Waals surface area (Å²) in [6, 6.07) is 5.11. The molecule has 1 amide bonds. The van der Waals surface area contributed by atoms with Crippen molar-refractivity contribution < 1.29 is 9.90 Å². The number of pyridine rings is 1. The maximum absolute atomic E-state index is 11.5. The lowest BCUT2D eigenvalue weighted by atomic mass is 10.3. The van der Waals surface area contributed by atoms with Crippen molar-refractivity contribution in [2.45, 2.75) is 0 Å². The van der Waals surface area contributed by atoms with E-state index in [1.165, 1.54) is 11.0 Å². The van der Waals surface area contributed by atoms with Crippen LogP contribution in [0.1, 0.15) is 0 Å². The van der Waals surface area contributed by atoms with Crippen LogP contribution in [0.5, 0.6) is 0 Å². The summed E-state index contributed by atoms with van der Waals surface area (Å²) in [6.07, 6.45) is -0.883. The molecule has 1 N–H and O–H groups in total. The van der Waals surface area contributed by atoms with Crippen LogP contribution in [0.25, 0.3) is 0 Å². The van der Waals surface area contributed by atoms with Crippen LogP contribution in [0, 0.1) is 0 Å². The first-order valence-corrected chi connectivity index (χ1v) is 5.48. The third kappa shape index (κ3) is 2.25. The first-order valence-electron chi connectivity index (χ1n) is 5.48. The molecule has 1 aliphatic heterocycles. The molecule has 0 unspecified atom stereocenters. The lowest BCUT2D eigenvalue weighted by Gasteiger charge is -2.35. The zero-order chi connectivity index (χ0) is 12.4. The molecule has 1 aromatic heterocycles. The Morgan fingerprint density at radius 2 is 1.88 bits per heavy atom. The number of rotatable bonds is 1. The number of amides is 1. The van der Waals surface area contributed by atoms with Gasteiger partial charge in [-0.25, -0.2) is 4.79 Å². The third-order valence-corrected chi connectivity index (χ3v) is 3.03. The van der Waals surface area contributed by atoms with Gasteiger partial charge in [0.25, 0.3) is 5.56 Å². The molecule has 0 bridgehead atoms. The largest absolute Gasteiger partial charge is 0.465 e. The van der Waals surface area contributed by atoms with Crippen LogP contribution < -0.4 is 10.5 Å². The van der Waals surface area contributed by atoms with Crippen LogP contribution in [-0.2, 0) is 7.05 Å². The van der Waals surface area contributed by atoms with Crippen molar-refractivity contribution in [2.75, 3.05) is 31.1 Å². The summed E-state index contributed by atoms with van der Waals surface area (Å²) in [4.78, 5) is 25.7. The van der Waals surface area contributed by atoms with E-state index in [1.54, 1.807) is 17.7 Å². The van der Waals surface area contributed by atoms with Crippen molar-refractivity contribution in [1.29, 1.82) is 0 Å². The lowest BCUT2D eigenvalue weighted by Crippen LogP contribution is -2.49. The van der Waals surface area contributed by atoms with Crippen molar-refractivity contribution in [3.8, 4) is 0 Å². The second-order valence-electron chi connectivity index (χ2n) is 4.04. The summed E-state index contributed by atoms with van der Waals surface area (Å²) in [7, 11) is 1.72. The molecule has 2 heterocycles. The summed E-state index contributed by atoms with van der Waals surface area (Å²) in [5, 5.41) is 8.85. The molecule has 6 nitrogen and oxygen atoms in total. The molecule has 0 saturated carbocycles. The predicted octanol–water partition coefficient (Wildman–Crippen LogP) is 0.185. The molecular weight excluding hydrogens is 222 g/mol. The maximum atomic E-state index is 11.5. The monoisotopic (exact) mass is 237 g/mol. The van der Waals surface area contributed by atoms with Gasteiger partial charge >= 0.3 is 6.09 Å². The highest BCUT2D eigenvalue weighted by atomic mass is 16.4. The SMILES string of the molecule is Cn1c(N2CCN(C(=O)O)CC2)cccc1=O. The zero-order valence-corrected chi connectivity index (χ0v) is 9.67. The third-order valence-electron chi connectivity index (χ3n) is 3.03. The quantitative estimate of drug-likeness (QED) is 0.757. The van der Waals surface area contributed by atoms with Gasteiger partial charge in [0.1, 0.15) is 5.82 Å². The van der Waals surface area contributed by atoms with Gasteiger partial charge in [-0.05, 0) is 6.07 Å². The van der Waals surface area contributed by atoms with Crippen molar-refractivity contribution in [2.24, 2.45) is 7.05 Å². The smallest absolute Gasteiger partial charge is 0.407 e. The Morgan fingerprint density at radius 1 is 1.24 bits per heavy atom. The van der Waals surface area contributed by atoms with Crippen LogP contribution >= 0.6 is 0 Å². The van der Waals surface area contributed by atoms with Gasteiger partial charge in [-0.3, -0.25) is 9.36 Å². The van der Waals surface area contributed by atoms with Gasteiger partial charge in [-0.1, -0.05) is 6.07 Å². The average molecular weight is 237 g/mol. The summed E-state index contributed by atoms with van der Waals surface area (Å²) < 4.78 is 1.58. The first kappa shape index (κ1) is 11.5. The zero-order valence-electron chi connectivity index (χ0n) is 9.67. The molecule has 92 valence electrons. The fourth-order valence-electron chi connectivity index (χ4n) is 2.00. The van der Waals surface area contributed by atoms with Crippen molar-refractivity contribution >= 4 is 11.9 Å². The van der Waals surface area contributed by atoms with E-state index in [0.717, 1.165) is 5.82 Å². The molecule has 17 heavy (non-hydrogen) atoms. The Morgan fingerprint density at radius 3 is 2.47 bits per heavy atom. The molecule has 6 heteroatoms. The number of anilines is 1. The van der Waals surface area contributed by atoms with Crippen molar-refractivity contribution in [3.63, 3.8) is 0 Å². The van der Waals surface area contributed by atoms with Gasteiger partial charge in [-0.15, -0.1) is 0 Å². The Balaban J connectivity index is 2.13. The Bertz CT molecular complexity index is 475. The second-order valence-corrected chi connectivity index (χ2v) is 4.04. The summed E-state index contributed by atoms with van der Waals surface area (Å²) in [5.74, 6) is 0.836. The minimum atomic E-state index is -0.883. The van der Waals surface area contributed by atoms with Gasteiger partial charge in [-0.2, -0.15) is 0 Å². The molecule has 0 radical (unpaired) electrons. The van der Waals surface area contributed by atoms with Crippen LogP contribution in [0.3, 0.4) is 0 Å². The predicted molar refractivity (Wildman–Crippen MR) is 63.5 cm³/mol. The van der Waals surface area contributed by atoms with Gasteiger partial charge < -0.3 is 14.9 Å². The number of aromatic nitrogens is 1. The lowest BCUT2D eigenvalue weighted by molar-refractivity contribution is 0.142. The first-order chi connectivity index (χ1) is 8.09. The summed E-state index contributed by atoms with van der Waals surface area (Å²) in [6.45, 7) is 2.17. The molecule has 2 rings (SSSR count). The van der Waals surface area contributed by atoms with Crippen LogP contribution in [-0.4, -0.2) is 46.8 Å². The van der Waals surface area contributed by atoms with Gasteiger partial charge in [0.05, 0.1) is 0 Å². The molecule has 0 spiro atoms. The number of piperazine rings is 1. The minimum Gasteiger partial charge on any atom is -0.465 e. The molecule has 0 atom stereocenters. The van der Waals surface area contributed by atoms with E-state index in [1.807, 2.05) is 11.0 Å². The number of carbonyl (C=O) groups is 1. The Kier molecular flexibility index (Phi) is 3.03. The Hall–Kier alpha value is -1.98. The minimum absolute atomic E-state index is 0.0526. The highest BCUT2D eigenvalue weighted by Gasteiger charge is 2.21. The number of nitrogens with zero attached hydrogens (tertiary/aromatic N) is 3. The van der Waals surface area contributed by atoms with E-state index in [0.29, 0.717) is 26.2 Å². The number of hydrogen-bond donors (Lipinski definition) is 1. The van der Waals surface area contributed by atoms with Crippen LogP contribution in [0.2, 0.25) is 0 Å². The molecular formula is C11H15N3O3. The van der Waals surface area contributed by atoms with E-state index in [9.17, 15) is 9.59 Å². The molecule has 1 fully saturated rings. The van der Waals surface area contributed by atoms with Gasteiger partial charge in [0.15, 0.2) is 0 Å². The number of hydrogen-bond acceptors (Lipinski definition) is 3. The topological polar surface area (TPSA) is 65.8 Å². The standard InChI is InChI=1S/C11H15N3O3/c1-12-9(3-2-4-10(12)15)13-5-7-14(8-6-13)11(16)17/h2-4H,5-8H2,1H3,(H,16,17). The maximum Gasteiger partial charge on any atom is 0.407 e. The van der Waals surface area contributed by atoms with E-state index < -0.39 is 6.09 Å². The Labute approximate surface area is 98.7 Å². The molecule has 1 aromatic rings. The molecule has 0 aliphatic carbocycles. The highest BCUT2D eigenvalue weighted by molar-refractivity contribution is 5.65. The fourth-order valence-corrected chi connectivity index (χ4v) is 2.00. The van der Waals surface area contributed by atoms with Crippen LogP contribution in [0.15, 0.2) is 23.0 Å². The van der Waals surface area contributed by atoms with Crippen LogP contribution in [0.4, 0.5) is 10.6 Å². The molecule has 1 saturated heterocycles. The number of carboxylic acid groups (broad SMARTS) is 1. The summed E-state index contributed by atoms with van der Waals surface area (Å²) >= 11 is 0. The average Bonchev–Trinajstić information content (AvgIpc) is 2.33. The van der Waals surface area contributed by atoms with E-state index in [4.69, 9.17) is 5.11 Å². The molecule has 1 aliphatic rings. The summed E-state index contributed by atoms with van der Waals surface area (Å²) in [5.41, 5.74) is -0.0526. The van der Waals surface area contributed by atoms with Gasteiger partial charge in [0.2, 0.25) is 0 Å². The highest BCUT2D eigenvalue weighted by Crippen LogP contribution is 2.13. The molecule has 0 aromatic carbocycles. The normalized spacial score (nSPS) is 16.1. The van der Waals surface area contributed by atoms with E-state index in [-0.39, 0.29) is 5.56 Å².